The number of hydrogen-bond acceptors (Lipinski definition) is 5. The van der Waals surface area contributed by atoms with E-state index >= 15 is 0 Å². The van der Waals surface area contributed by atoms with E-state index in [1.807, 2.05) is 72.9 Å². The van der Waals surface area contributed by atoms with Crippen LogP contribution in [0.3, 0.4) is 0 Å². The van der Waals surface area contributed by atoms with Crippen LogP contribution >= 0.6 is 0 Å². The number of nitrogens with zero attached hydrogens (tertiary/aromatic N) is 3. The molecule has 7 heteroatoms. The van der Waals surface area contributed by atoms with Crippen LogP contribution in [0.5, 0.6) is 17.4 Å². The van der Waals surface area contributed by atoms with Gasteiger partial charge in [-0.25, -0.2) is 9.97 Å². The maximum Gasteiger partial charge on any atom is 0.250 e. The molecular weight excluding hydrogens is 514 g/mol. The van der Waals surface area contributed by atoms with Gasteiger partial charge in [0.25, 0.3) is 0 Å². The lowest BCUT2D eigenvalue weighted by atomic mass is 10.1. The first-order chi connectivity index (χ1) is 19.0. The molecule has 1 N–H and O–H groups in total. The van der Waals surface area contributed by atoms with Crippen molar-refractivity contribution >= 4 is 14.0 Å². The highest BCUT2D eigenvalue weighted by molar-refractivity contribution is 6.74. The summed E-state index contributed by atoms with van der Waals surface area (Å²) in [6, 6.07) is 26.1. The number of benzene rings is 3. The molecule has 2 aromatic heterocycles. The van der Waals surface area contributed by atoms with Crippen LogP contribution in [0.1, 0.15) is 43.3 Å². The van der Waals surface area contributed by atoms with E-state index < -0.39 is 8.32 Å². The SMILES string of the molecule is COc1ccc(Cc2nc3c(Cc4ccccc4)nc(-c4cccc(O[Si](C)(C)C(C)(C)C)c4)cn3c2O)cc1. The maximum absolute atomic E-state index is 11.3. The fourth-order valence-corrected chi connectivity index (χ4v) is 5.43. The average molecular weight is 552 g/mol. The first-order valence-electron chi connectivity index (χ1n) is 13.6. The molecule has 2 heterocycles. The summed E-state index contributed by atoms with van der Waals surface area (Å²) in [6.07, 6.45) is 2.96. The van der Waals surface area contributed by atoms with Crippen molar-refractivity contribution in [3.63, 3.8) is 0 Å². The zero-order valence-corrected chi connectivity index (χ0v) is 25.1. The van der Waals surface area contributed by atoms with Gasteiger partial charge in [0.1, 0.15) is 17.2 Å². The third-order valence-corrected chi connectivity index (χ3v) is 12.1. The molecule has 6 nitrogen and oxygen atoms in total. The number of aromatic hydroxyl groups is 1. The molecule has 206 valence electrons. The first kappa shape index (κ1) is 27.5. The lowest BCUT2D eigenvalue weighted by molar-refractivity contribution is 0.414. The first-order valence-corrected chi connectivity index (χ1v) is 16.5. The Morgan fingerprint density at radius 3 is 2.15 bits per heavy atom. The van der Waals surface area contributed by atoms with Gasteiger partial charge in [-0.3, -0.25) is 4.40 Å². The van der Waals surface area contributed by atoms with E-state index in [1.54, 1.807) is 11.5 Å². The summed E-state index contributed by atoms with van der Waals surface area (Å²) in [6.45, 7) is 11.2. The summed E-state index contributed by atoms with van der Waals surface area (Å²) in [4.78, 5) is 9.96. The molecule has 0 radical (unpaired) electrons. The third-order valence-electron chi connectivity index (χ3n) is 7.77. The Morgan fingerprint density at radius 2 is 1.48 bits per heavy atom. The highest BCUT2D eigenvalue weighted by Crippen LogP contribution is 2.38. The topological polar surface area (TPSA) is 68.9 Å². The van der Waals surface area contributed by atoms with Crippen molar-refractivity contribution in [3.8, 4) is 28.6 Å². The second-order valence-corrected chi connectivity index (χ2v) is 16.5. The van der Waals surface area contributed by atoms with Crippen LogP contribution in [0.25, 0.3) is 16.9 Å². The number of methoxy groups -OCH3 is 1. The molecule has 0 aliphatic carbocycles. The summed E-state index contributed by atoms with van der Waals surface area (Å²) < 4.78 is 13.6. The number of ether oxygens (including phenoxy) is 1. The van der Waals surface area contributed by atoms with Crippen LogP contribution in [-0.2, 0) is 12.8 Å². The van der Waals surface area contributed by atoms with Crippen LogP contribution < -0.4 is 9.16 Å². The van der Waals surface area contributed by atoms with E-state index in [2.05, 4.69) is 46.0 Å². The predicted octanol–water partition coefficient (Wildman–Crippen LogP) is 7.68. The second kappa shape index (κ2) is 10.8. The molecule has 0 atom stereocenters. The van der Waals surface area contributed by atoms with Gasteiger partial charge in [-0.15, -0.1) is 0 Å². The van der Waals surface area contributed by atoms with Gasteiger partial charge < -0.3 is 14.3 Å². The van der Waals surface area contributed by atoms with Gasteiger partial charge in [-0.05, 0) is 53.5 Å². The predicted molar refractivity (Wildman–Crippen MR) is 163 cm³/mol. The fraction of sp³-hybridized carbons (Fsp3) is 0.273. The molecule has 5 rings (SSSR count). The molecule has 0 fully saturated rings. The highest BCUT2D eigenvalue weighted by Gasteiger charge is 2.39. The minimum Gasteiger partial charge on any atom is -0.543 e. The average Bonchev–Trinajstić information content (AvgIpc) is 3.24. The fourth-order valence-electron chi connectivity index (χ4n) is 4.41. The van der Waals surface area contributed by atoms with Crippen molar-refractivity contribution in [1.29, 1.82) is 0 Å². The van der Waals surface area contributed by atoms with Gasteiger partial charge in [0, 0.05) is 24.6 Å². The van der Waals surface area contributed by atoms with Crippen molar-refractivity contribution in [3.05, 3.63) is 108 Å². The summed E-state index contributed by atoms with van der Waals surface area (Å²) >= 11 is 0. The minimum atomic E-state index is -2.01. The number of aromatic nitrogens is 3. The van der Waals surface area contributed by atoms with E-state index in [0.29, 0.717) is 24.2 Å². The Bertz CT molecular complexity index is 1620. The summed E-state index contributed by atoms with van der Waals surface area (Å²) in [7, 11) is -0.358. The molecular formula is C33H37N3O3Si. The molecule has 0 saturated heterocycles. The summed E-state index contributed by atoms with van der Waals surface area (Å²) in [5, 5.41) is 11.4. The van der Waals surface area contributed by atoms with Crippen LogP contribution in [0.2, 0.25) is 18.1 Å². The number of rotatable bonds is 8. The molecule has 0 aliphatic rings. The smallest absolute Gasteiger partial charge is 0.250 e. The van der Waals surface area contributed by atoms with E-state index in [-0.39, 0.29) is 10.9 Å². The van der Waals surface area contributed by atoms with Crippen molar-refractivity contribution in [2.75, 3.05) is 7.11 Å². The largest absolute Gasteiger partial charge is 0.543 e. The van der Waals surface area contributed by atoms with Crippen LogP contribution in [-0.4, -0.2) is 34.9 Å². The van der Waals surface area contributed by atoms with Gasteiger partial charge in [-0.2, -0.15) is 0 Å². The maximum atomic E-state index is 11.3. The molecule has 0 amide bonds. The summed E-state index contributed by atoms with van der Waals surface area (Å²) in [5.41, 5.74) is 5.91. The zero-order valence-electron chi connectivity index (χ0n) is 24.1. The Hall–Kier alpha value is -4.10. The molecule has 0 spiro atoms. The lowest BCUT2D eigenvalue weighted by Gasteiger charge is -2.36. The summed E-state index contributed by atoms with van der Waals surface area (Å²) in [5.74, 6) is 1.75. The van der Waals surface area contributed by atoms with Gasteiger partial charge in [0.05, 0.1) is 18.5 Å². The molecule has 5 aromatic rings. The molecule has 40 heavy (non-hydrogen) atoms. The van der Waals surface area contributed by atoms with E-state index in [1.165, 1.54) is 0 Å². The normalized spacial score (nSPS) is 12.1. The molecule has 0 bridgehead atoms. The molecule has 3 aromatic carbocycles. The Balaban J connectivity index is 1.58. The Morgan fingerprint density at radius 1 is 0.800 bits per heavy atom. The Kier molecular flexibility index (Phi) is 7.42. The molecule has 0 saturated carbocycles. The van der Waals surface area contributed by atoms with Crippen molar-refractivity contribution < 1.29 is 14.3 Å². The van der Waals surface area contributed by atoms with Crippen LogP contribution in [0, 0.1) is 0 Å². The van der Waals surface area contributed by atoms with Crippen molar-refractivity contribution in [1.82, 2.24) is 14.4 Å². The third kappa shape index (κ3) is 5.75. The van der Waals surface area contributed by atoms with Gasteiger partial charge in [0.15, 0.2) is 5.65 Å². The molecule has 0 unspecified atom stereocenters. The minimum absolute atomic E-state index is 0.0892. The Labute approximate surface area is 237 Å². The number of hydrogen-bond donors (Lipinski definition) is 1. The number of fused-ring (bicyclic) bond motifs is 1. The highest BCUT2D eigenvalue weighted by atomic mass is 28.4. The van der Waals surface area contributed by atoms with Gasteiger partial charge in [0.2, 0.25) is 14.2 Å². The van der Waals surface area contributed by atoms with E-state index in [0.717, 1.165) is 39.6 Å². The van der Waals surface area contributed by atoms with Crippen LogP contribution in [0.15, 0.2) is 85.1 Å². The second-order valence-electron chi connectivity index (χ2n) is 11.7. The van der Waals surface area contributed by atoms with Crippen molar-refractivity contribution in [2.24, 2.45) is 0 Å². The zero-order chi connectivity index (χ0) is 28.5. The number of imidazole rings is 1. The van der Waals surface area contributed by atoms with E-state index in [9.17, 15) is 5.11 Å². The van der Waals surface area contributed by atoms with Crippen LogP contribution in [0.4, 0.5) is 0 Å². The van der Waals surface area contributed by atoms with Gasteiger partial charge in [-0.1, -0.05) is 75.4 Å². The quantitative estimate of drug-likeness (QED) is 0.200. The monoisotopic (exact) mass is 551 g/mol. The standard InChI is InChI=1S/C33H37N3O3Si/c1-33(2,3)40(5,6)39-27-14-10-13-25(21-27)30-22-36-31(28(34-30)19-23-11-8-7-9-12-23)35-29(32(36)37)20-24-15-17-26(38-4)18-16-24/h7-18,21-22,37H,19-20H2,1-6H3. The molecule has 0 aliphatic heterocycles. The van der Waals surface area contributed by atoms with E-state index in [4.69, 9.17) is 19.1 Å². The van der Waals surface area contributed by atoms with Gasteiger partial charge >= 0.3 is 0 Å². The van der Waals surface area contributed by atoms with Crippen molar-refractivity contribution in [2.45, 2.75) is 51.7 Å². The lowest BCUT2D eigenvalue weighted by Crippen LogP contribution is -2.43.